The molecular formula is C24H23FN4O. The van der Waals surface area contributed by atoms with Crippen LogP contribution < -0.4 is 10.6 Å². The third-order valence-corrected chi connectivity index (χ3v) is 4.93. The number of nitrogens with zero attached hydrogens (tertiary/aromatic N) is 1. The molecular weight excluding hydrogens is 379 g/mol. The van der Waals surface area contributed by atoms with Crippen LogP contribution in [-0.2, 0) is 19.4 Å². The first-order chi connectivity index (χ1) is 14.5. The molecule has 3 aromatic carbocycles. The molecule has 3 N–H and O–H groups in total. The van der Waals surface area contributed by atoms with Gasteiger partial charge in [0.15, 0.2) is 0 Å². The van der Waals surface area contributed by atoms with Crippen LogP contribution in [0.2, 0.25) is 0 Å². The van der Waals surface area contributed by atoms with Gasteiger partial charge >= 0.3 is 6.03 Å². The zero-order chi connectivity index (χ0) is 20.9. The first-order valence-corrected chi connectivity index (χ1v) is 9.89. The van der Waals surface area contributed by atoms with Gasteiger partial charge in [0, 0.05) is 18.7 Å². The highest BCUT2D eigenvalue weighted by Gasteiger charge is 2.07. The van der Waals surface area contributed by atoms with E-state index < -0.39 is 0 Å². The van der Waals surface area contributed by atoms with Crippen molar-refractivity contribution in [2.75, 3.05) is 5.32 Å². The van der Waals surface area contributed by atoms with E-state index in [9.17, 15) is 9.18 Å². The predicted molar refractivity (Wildman–Crippen MR) is 117 cm³/mol. The third kappa shape index (κ3) is 5.03. The molecule has 0 radical (unpaired) electrons. The zero-order valence-corrected chi connectivity index (χ0v) is 16.7. The quantitative estimate of drug-likeness (QED) is 0.419. The number of carbonyl (C=O) groups excluding carboxylic acids is 1. The molecule has 0 spiro atoms. The number of aryl methyl sites for hydroxylation is 3. The maximum Gasteiger partial charge on any atom is 0.319 e. The lowest BCUT2D eigenvalue weighted by molar-refractivity contribution is 0.251. The van der Waals surface area contributed by atoms with Crippen LogP contribution in [-0.4, -0.2) is 16.0 Å². The van der Waals surface area contributed by atoms with Crippen molar-refractivity contribution < 1.29 is 9.18 Å². The van der Waals surface area contributed by atoms with E-state index in [-0.39, 0.29) is 11.8 Å². The Balaban J connectivity index is 1.35. The van der Waals surface area contributed by atoms with E-state index in [0.717, 1.165) is 35.3 Å². The molecule has 0 saturated carbocycles. The minimum atomic E-state index is -0.321. The van der Waals surface area contributed by atoms with E-state index in [4.69, 9.17) is 0 Å². The summed E-state index contributed by atoms with van der Waals surface area (Å²) in [5.41, 5.74) is 5.78. The van der Waals surface area contributed by atoms with Crippen LogP contribution in [0.1, 0.15) is 22.5 Å². The Labute approximate surface area is 174 Å². The number of hydrogen-bond donors (Lipinski definition) is 3. The average molecular weight is 402 g/mol. The van der Waals surface area contributed by atoms with Gasteiger partial charge in [0.05, 0.1) is 11.0 Å². The van der Waals surface area contributed by atoms with Gasteiger partial charge in [0.2, 0.25) is 0 Å². The molecule has 0 unspecified atom stereocenters. The van der Waals surface area contributed by atoms with Crippen LogP contribution in [0.25, 0.3) is 11.0 Å². The molecule has 1 heterocycles. The van der Waals surface area contributed by atoms with Crippen molar-refractivity contribution in [1.29, 1.82) is 0 Å². The molecule has 0 bridgehead atoms. The number of aromatic amines is 1. The lowest BCUT2D eigenvalue weighted by Crippen LogP contribution is -2.28. The molecule has 0 aliphatic carbocycles. The summed E-state index contributed by atoms with van der Waals surface area (Å²) < 4.78 is 12.9. The number of anilines is 1. The standard InChI is InChI=1S/C24H23FN4O/c1-16-2-4-17(5-3-16)8-13-23-28-21-12-11-20(14-22(21)29-23)27-24(30)26-15-18-6-9-19(25)10-7-18/h2-7,9-12,14H,8,13,15H2,1H3,(H,28,29)(H2,26,27,30). The summed E-state index contributed by atoms with van der Waals surface area (Å²) in [5, 5.41) is 5.58. The normalized spacial score (nSPS) is 10.9. The van der Waals surface area contributed by atoms with E-state index in [1.54, 1.807) is 12.1 Å². The van der Waals surface area contributed by atoms with Gasteiger partial charge in [-0.2, -0.15) is 0 Å². The maximum absolute atomic E-state index is 12.9. The number of benzene rings is 3. The Morgan fingerprint density at radius 1 is 0.967 bits per heavy atom. The van der Waals surface area contributed by atoms with E-state index in [0.29, 0.717) is 12.2 Å². The Hall–Kier alpha value is -3.67. The summed E-state index contributed by atoms with van der Waals surface area (Å²) >= 11 is 0. The number of carbonyl (C=O) groups is 1. The molecule has 0 aliphatic heterocycles. The van der Waals surface area contributed by atoms with Crippen molar-refractivity contribution in [2.24, 2.45) is 0 Å². The first kappa shape index (κ1) is 19.6. The number of nitrogens with one attached hydrogen (secondary N) is 3. The largest absolute Gasteiger partial charge is 0.342 e. The number of hydrogen-bond acceptors (Lipinski definition) is 2. The summed E-state index contributed by atoms with van der Waals surface area (Å²) in [5.74, 6) is 0.623. The third-order valence-electron chi connectivity index (χ3n) is 4.93. The van der Waals surface area contributed by atoms with Gasteiger partial charge in [-0.15, -0.1) is 0 Å². The molecule has 5 nitrogen and oxygen atoms in total. The van der Waals surface area contributed by atoms with Crippen molar-refractivity contribution in [2.45, 2.75) is 26.3 Å². The van der Waals surface area contributed by atoms with Crippen LogP contribution >= 0.6 is 0 Å². The summed E-state index contributed by atoms with van der Waals surface area (Å²) in [4.78, 5) is 20.1. The monoisotopic (exact) mass is 402 g/mol. The molecule has 30 heavy (non-hydrogen) atoms. The summed E-state index contributed by atoms with van der Waals surface area (Å²) in [7, 11) is 0. The van der Waals surface area contributed by atoms with Crippen LogP contribution in [0.3, 0.4) is 0 Å². The number of rotatable bonds is 6. The number of H-pyrrole nitrogens is 1. The van der Waals surface area contributed by atoms with Gasteiger partial charge in [-0.25, -0.2) is 14.2 Å². The Morgan fingerprint density at radius 2 is 1.70 bits per heavy atom. The summed E-state index contributed by atoms with van der Waals surface area (Å²) in [6, 6.07) is 19.8. The average Bonchev–Trinajstić information content (AvgIpc) is 3.15. The van der Waals surface area contributed by atoms with Gasteiger partial charge in [0.25, 0.3) is 0 Å². The smallest absolute Gasteiger partial charge is 0.319 e. The number of imidazole rings is 1. The van der Waals surface area contributed by atoms with Crippen molar-refractivity contribution in [3.8, 4) is 0 Å². The van der Waals surface area contributed by atoms with Crippen molar-refractivity contribution in [3.63, 3.8) is 0 Å². The number of halogens is 1. The number of urea groups is 1. The molecule has 6 heteroatoms. The maximum atomic E-state index is 12.9. The fraction of sp³-hybridized carbons (Fsp3) is 0.167. The van der Waals surface area contributed by atoms with Crippen molar-refractivity contribution in [3.05, 3.63) is 95.1 Å². The topological polar surface area (TPSA) is 69.8 Å². The predicted octanol–water partition coefficient (Wildman–Crippen LogP) is 5.12. The van der Waals surface area contributed by atoms with Gasteiger partial charge < -0.3 is 15.6 Å². The van der Waals surface area contributed by atoms with Crippen LogP contribution in [0, 0.1) is 12.7 Å². The molecule has 0 atom stereocenters. The van der Waals surface area contributed by atoms with Gasteiger partial charge in [-0.1, -0.05) is 42.0 Å². The number of amides is 2. The van der Waals surface area contributed by atoms with Gasteiger partial charge in [0.1, 0.15) is 11.6 Å². The highest BCUT2D eigenvalue weighted by molar-refractivity contribution is 5.91. The Kier molecular flexibility index (Phi) is 5.75. The summed E-state index contributed by atoms with van der Waals surface area (Å²) in [6.45, 7) is 2.40. The van der Waals surface area contributed by atoms with Crippen molar-refractivity contribution >= 4 is 22.8 Å². The number of aromatic nitrogens is 2. The van der Waals surface area contributed by atoms with E-state index >= 15 is 0 Å². The highest BCUT2D eigenvalue weighted by Crippen LogP contribution is 2.18. The number of fused-ring (bicyclic) bond motifs is 1. The lowest BCUT2D eigenvalue weighted by atomic mass is 10.1. The van der Waals surface area contributed by atoms with E-state index in [1.165, 1.54) is 23.3 Å². The molecule has 152 valence electrons. The lowest BCUT2D eigenvalue weighted by Gasteiger charge is -2.07. The second-order valence-corrected chi connectivity index (χ2v) is 7.34. The molecule has 4 aromatic rings. The van der Waals surface area contributed by atoms with Crippen LogP contribution in [0.5, 0.6) is 0 Å². The highest BCUT2D eigenvalue weighted by atomic mass is 19.1. The Morgan fingerprint density at radius 3 is 2.47 bits per heavy atom. The minimum Gasteiger partial charge on any atom is -0.342 e. The summed E-state index contributed by atoms with van der Waals surface area (Å²) in [6.07, 6.45) is 1.73. The van der Waals surface area contributed by atoms with E-state index in [1.807, 2.05) is 18.2 Å². The van der Waals surface area contributed by atoms with Crippen LogP contribution in [0.4, 0.5) is 14.9 Å². The van der Waals surface area contributed by atoms with Crippen molar-refractivity contribution in [1.82, 2.24) is 15.3 Å². The Bertz CT molecular complexity index is 1150. The van der Waals surface area contributed by atoms with Crippen LogP contribution in [0.15, 0.2) is 66.7 Å². The molecule has 2 amide bonds. The first-order valence-electron chi connectivity index (χ1n) is 9.89. The SMILES string of the molecule is Cc1ccc(CCc2nc3ccc(NC(=O)NCc4ccc(F)cc4)cc3[nH]2)cc1. The zero-order valence-electron chi connectivity index (χ0n) is 16.7. The fourth-order valence-electron chi connectivity index (χ4n) is 3.24. The fourth-order valence-corrected chi connectivity index (χ4v) is 3.24. The van der Waals surface area contributed by atoms with Gasteiger partial charge in [-0.3, -0.25) is 0 Å². The van der Waals surface area contributed by atoms with E-state index in [2.05, 4.69) is 51.8 Å². The second-order valence-electron chi connectivity index (χ2n) is 7.34. The second kappa shape index (κ2) is 8.78. The molecule has 1 aromatic heterocycles. The molecule has 0 aliphatic rings. The molecule has 4 rings (SSSR count). The molecule has 0 fully saturated rings. The molecule has 0 saturated heterocycles. The van der Waals surface area contributed by atoms with Gasteiger partial charge in [-0.05, 0) is 54.8 Å². The minimum absolute atomic E-state index is 0.297.